The van der Waals surface area contributed by atoms with Gasteiger partial charge in [0, 0.05) is 22.3 Å². The number of benzene rings is 1. The normalized spacial score (nSPS) is 22.3. The molecule has 1 amide bonds. The molecule has 0 bridgehead atoms. The van der Waals surface area contributed by atoms with Crippen molar-refractivity contribution in [1.29, 1.82) is 0 Å². The van der Waals surface area contributed by atoms with E-state index in [1.807, 2.05) is 0 Å². The Bertz CT molecular complexity index is 527. The van der Waals surface area contributed by atoms with Gasteiger partial charge in [-0.15, -0.1) is 0 Å². The maximum atomic E-state index is 12.3. The number of carbonyl (C=O) groups excluding carboxylic acids is 1. The van der Waals surface area contributed by atoms with Crippen molar-refractivity contribution in [2.75, 3.05) is 5.73 Å². The second kappa shape index (κ2) is 6.80. The average molecular weight is 311 g/mol. The van der Waals surface area contributed by atoms with Crippen LogP contribution in [0.1, 0.15) is 42.5 Å². The summed E-state index contributed by atoms with van der Waals surface area (Å²) in [5.41, 5.74) is 6.43. The molecule has 4 N–H and O–H groups in total. The Morgan fingerprint density at radius 2 is 1.90 bits per heavy atom. The van der Waals surface area contributed by atoms with Gasteiger partial charge >= 0.3 is 5.97 Å². The van der Waals surface area contributed by atoms with Gasteiger partial charge in [0.1, 0.15) is 0 Å². The summed E-state index contributed by atoms with van der Waals surface area (Å²) in [5.74, 6) is -1.72. The van der Waals surface area contributed by atoms with Gasteiger partial charge in [-0.3, -0.25) is 9.59 Å². The minimum absolute atomic E-state index is 0.331. The van der Waals surface area contributed by atoms with Gasteiger partial charge in [0.25, 0.3) is 5.91 Å². The lowest BCUT2D eigenvalue weighted by atomic mass is 9.94. The molecule has 6 heteroatoms. The van der Waals surface area contributed by atoms with E-state index in [1.54, 1.807) is 6.07 Å². The highest BCUT2D eigenvalue weighted by Gasteiger charge is 2.30. The quantitative estimate of drug-likeness (QED) is 0.591. The molecule has 5 nitrogen and oxygen atoms in total. The first-order valence-electron chi connectivity index (χ1n) is 7.07. The zero-order chi connectivity index (χ0) is 15.4. The number of nitrogens with one attached hydrogen (secondary N) is 1. The molecule has 1 fully saturated rings. The van der Waals surface area contributed by atoms with Gasteiger partial charge in [0.2, 0.25) is 0 Å². The van der Waals surface area contributed by atoms with Gasteiger partial charge in [-0.05, 0) is 31.0 Å². The molecule has 0 aliphatic heterocycles. The maximum absolute atomic E-state index is 12.3. The molecule has 1 saturated carbocycles. The molecule has 0 saturated heterocycles. The summed E-state index contributed by atoms with van der Waals surface area (Å²) >= 11 is 5.89. The summed E-state index contributed by atoms with van der Waals surface area (Å²) in [4.78, 5) is 23.6. The molecule has 114 valence electrons. The fraction of sp³-hybridized carbons (Fsp3) is 0.467. The van der Waals surface area contributed by atoms with E-state index in [2.05, 4.69) is 5.32 Å². The summed E-state index contributed by atoms with van der Waals surface area (Å²) < 4.78 is 0. The van der Waals surface area contributed by atoms with Gasteiger partial charge in [-0.2, -0.15) is 0 Å². The first-order chi connectivity index (χ1) is 9.97. The standard InChI is InChI=1S/C15H19ClN2O3/c16-10-6-9(7-11(17)8-10)14(19)18-13-5-3-1-2-4-12(13)15(20)21/h6-8,12-13H,1-5,17H2,(H,18,19)(H,20,21). The summed E-state index contributed by atoms with van der Waals surface area (Å²) in [7, 11) is 0. The van der Waals surface area contributed by atoms with Crippen LogP contribution in [0.2, 0.25) is 5.02 Å². The van der Waals surface area contributed by atoms with E-state index in [0.29, 0.717) is 29.1 Å². The highest BCUT2D eigenvalue weighted by molar-refractivity contribution is 6.31. The number of rotatable bonds is 3. The van der Waals surface area contributed by atoms with Crippen molar-refractivity contribution in [3.05, 3.63) is 28.8 Å². The molecule has 0 radical (unpaired) electrons. The average Bonchev–Trinajstić information content (AvgIpc) is 2.63. The van der Waals surface area contributed by atoms with Crippen LogP contribution in [0.3, 0.4) is 0 Å². The molecule has 2 unspecified atom stereocenters. The molecule has 1 aliphatic rings. The lowest BCUT2D eigenvalue weighted by Gasteiger charge is -2.23. The largest absolute Gasteiger partial charge is 0.481 e. The number of carboxylic acids is 1. The van der Waals surface area contributed by atoms with Gasteiger partial charge in [-0.25, -0.2) is 0 Å². The Labute approximate surface area is 128 Å². The van der Waals surface area contributed by atoms with E-state index in [1.165, 1.54) is 12.1 Å². The summed E-state index contributed by atoms with van der Waals surface area (Å²) in [6.07, 6.45) is 4.08. The van der Waals surface area contributed by atoms with E-state index in [4.69, 9.17) is 17.3 Å². The number of aliphatic carboxylic acids is 1. The van der Waals surface area contributed by atoms with Crippen molar-refractivity contribution in [3.8, 4) is 0 Å². The van der Waals surface area contributed by atoms with Crippen LogP contribution >= 0.6 is 11.6 Å². The highest BCUT2D eigenvalue weighted by Crippen LogP contribution is 2.24. The number of amides is 1. The number of carboxylic acid groups (broad SMARTS) is 1. The summed E-state index contributed by atoms with van der Waals surface area (Å²) in [6, 6.07) is 4.27. The molecule has 2 atom stereocenters. The predicted octanol–water partition coefficient (Wildman–Crippen LogP) is 2.69. The minimum atomic E-state index is -0.854. The Morgan fingerprint density at radius 1 is 1.19 bits per heavy atom. The van der Waals surface area contributed by atoms with Crippen molar-refractivity contribution < 1.29 is 14.7 Å². The van der Waals surface area contributed by atoms with Crippen LogP contribution in [-0.2, 0) is 4.79 Å². The van der Waals surface area contributed by atoms with E-state index in [-0.39, 0.29) is 11.9 Å². The number of hydrogen-bond acceptors (Lipinski definition) is 3. The Hall–Kier alpha value is -1.75. The van der Waals surface area contributed by atoms with E-state index in [9.17, 15) is 14.7 Å². The predicted molar refractivity (Wildman–Crippen MR) is 81.3 cm³/mol. The molecule has 0 heterocycles. The summed E-state index contributed by atoms with van der Waals surface area (Å²) in [6.45, 7) is 0. The van der Waals surface area contributed by atoms with E-state index < -0.39 is 11.9 Å². The highest BCUT2D eigenvalue weighted by atomic mass is 35.5. The number of carbonyl (C=O) groups is 2. The zero-order valence-corrected chi connectivity index (χ0v) is 12.4. The maximum Gasteiger partial charge on any atom is 0.308 e. The number of anilines is 1. The van der Waals surface area contributed by atoms with Gasteiger partial charge < -0.3 is 16.2 Å². The number of halogens is 1. The fourth-order valence-electron chi connectivity index (χ4n) is 2.77. The van der Waals surface area contributed by atoms with Crippen LogP contribution in [-0.4, -0.2) is 23.0 Å². The molecule has 2 rings (SSSR count). The van der Waals surface area contributed by atoms with E-state index in [0.717, 1.165) is 19.3 Å². The Balaban J connectivity index is 2.14. The fourth-order valence-corrected chi connectivity index (χ4v) is 3.01. The van der Waals surface area contributed by atoms with E-state index >= 15 is 0 Å². The molecule has 21 heavy (non-hydrogen) atoms. The lowest BCUT2D eigenvalue weighted by Crippen LogP contribution is -2.42. The zero-order valence-electron chi connectivity index (χ0n) is 11.6. The van der Waals surface area contributed by atoms with Crippen molar-refractivity contribution in [1.82, 2.24) is 5.32 Å². The molecule has 0 spiro atoms. The van der Waals surface area contributed by atoms with Gasteiger partial charge in [0.05, 0.1) is 5.92 Å². The summed E-state index contributed by atoms with van der Waals surface area (Å²) in [5, 5.41) is 12.5. The Morgan fingerprint density at radius 3 is 2.57 bits per heavy atom. The first-order valence-corrected chi connectivity index (χ1v) is 7.45. The number of hydrogen-bond donors (Lipinski definition) is 3. The smallest absolute Gasteiger partial charge is 0.308 e. The second-order valence-corrected chi connectivity index (χ2v) is 5.87. The topological polar surface area (TPSA) is 92.4 Å². The van der Waals surface area contributed by atoms with Crippen LogP contribution in [0.4, 0.5) is 5.69 Å². The van der Waals surface area contributed by atoms with Crippen molar-refractivity contribution in [3.63, 3.8) is 0 Å². The second-order valence-electron chi connectivity index (χ2n) is 5.44. The third-order valence-corrected chi connectivity index (χ3v) is 4.05. The molecular formula is C15H19ClN2O3. The molecule has 1 aromatic carbocycles. The third kappa shape index (κ3) is 4.11. The van der Waals surface area contributed by atoms with Gasteiger partial charge in [0.15, 0.2) is 0 Å². The minimum Gasteiger partial charge on any atom is -0.481 e. The first kappa shape index (κ1) is 15.6. The number of nitrogens with two attached hydrogens (primary N) is 1. The SMILES string of the molecule is Nc1cc(Cl)cc(C(=O)NC2CCCCCC2C(=O)O)c1. The van der Waals surface area contributed by atoms with Crippen molar-refractivity contribution in [2.24, 2.45) is 5.92 Å². The van der Waals surface area contributed by atoms with Crippen LogP contribution in [0.5, 0.6) is 0 Å². The number of nitrogen functional groups attached to an aromatic ring is 1. The van der Waals surface area contributed by atoms with Crippen LogP contribution in [0.25, 0.3) is 0 Å². The van der Waals surface area contributed by atoms with Crippen molar-refractivity contribution >= 4 is 29.2 Å². The van der Waals surface area contributed by atoms with Crippen LogP contribution < -0.4 is 11.1 Å². The monoisotopic (exact) mass is 310 g/mol. The third-order valence-electron chi connectivity index (χ3n) is 3.83. The van der Waals surface area contributed by atoms with Gasteiger partial charge in [-0.1, -0.05) is 30.9 Å². The Kier molecular flexibility index (Phi) is 5.07. The molecule has 1 aromatic rings. The van der Waals surface area contributed by atoms with Crippen LogP contribution in [0, 0.1) is 5.92 Å². The molecule has 1 aliphatic carbocycles. The van der Waals surface area contributed by atoms with Crippen molar-refractivity contribution in [2.45, 2.75) is 38.1 Å². The lowest BCUT2D eigenvalue weighted by molar-refractivity contribution is -0.142. The molecular weight excluding hydrogens is 292 g/mol. The molecule has 0 aromatic heterocycles. The van der Waals surface area contributed by atoms with Crippen LogP contribution in [0.15, 0.2) is 18.2 Å².